The van der Waals surface area contributed by atoms with Gasteiger partial charge in [0.1, 0.15) is 5.54 Å². The largest absolute Gasteiger partial charge is 0.468 e. The number of hydrogen-bond donors (Lipinski definition) is 1. The topological polar surface area (TPSA) is 75.7 Å². The SMILES string of the molecule is CC[C@@]1(C(=O)OC)N[C@H](c2ccc(Cl)s2)[C@@H]2C(=O)N(C)C(=O)[C@@H]21. The number of hydrogen-bond acceptors (Lipinski definition) is 6. The summed E-state index contributed by atoms with van der Waals surface area (Å²) in [5.41, 5.74) is -1.20. The summed E-state index contributed by atoms with van der Waals surface area (Å²) < 4.78 is 5.53. The van der Waals surface area contributed by atoms with Crippen LogP contribution in [-0.2, 0) is 19.1 Å². The lowest BCUT2D eigenvalue weighted by Gasteiger charge is -2.30. The van der Waals surface area contributed by atoms with Crippen LogP contribution >= 0.6 is 22.9 Å². The Morgan fingerprint density at radius 2 is 2.13 bits per heavy atom. The molecular formula is C15H17ClN2O4S. The third-order valence-electron chi connectivity index (χ3n) is 4.88. The number of imide groups is 1. The van der Waals surface area contributed by atoms with Gasteiger partial charge in [0, 0.05) is 11.9 Å². The smallest absolute Gasteiger partial charge is 0.326 e. The van der Waals surface area contributed by atoms with Gasteiger partial charge in [-0.2, -0.15) is 0 Å². The fourth-order valence-corrected chi connectivity index (χ4v) is 4.88. The molecule has 1 aromatic heterocycles. The Morgan fingerprint density at radius 1 is 1.43 bits per heavy atom. The number of thiophene rings is 1. The van der Waals surface area contributed by atoms with Gasteiger partial charge in [0.2, 0.25) is 11.8 Å². The zero-order valence-electron chi connectivity index (χ0n) is 13.0. The molecule has 2 aliphatic heterocycles. The molecule has 2 aliphatic rings. The summed E-state index contributed by atoms with van der Waals surface area (Å²) in [5.74, 6) is -2.52. The maximum absolute atomic E-state index is 12.6. The van der Waals surface area contributed by atoms with Crippen LogP contribution in [0.2, 0.25) is 4.34 Å². The summed E-state index contributed by atoms with van der Waals surface area (Å²) in [6.07, 6.45) is 0.351. The quantitative estimate of drug-likeness (QED) is 0.657. The average molecular weight is 357 g/mol. The van der Waals surface area contributed by atoms with E-state index >= 15 is 0 Å². The maximum atomic E-state index is 12.6. The Hall–Kier alpha value is -1.44. The van der Waals surface area contributed by atoms with E-state index in [0.717, 1.165) is 9.78 Å². The molecule has 124 valence electrons. The Kier molecular flexibility index (Phi) is 3.98. The van der Waals surface area contributed by atoms with Crippen LogP contribution in [0.1, 0.15) is 24.3 Å². The van der Waals surface area contributed by atoms with Gasteiger partial charge < -0.3 is 4.74 Å². The average Bonchev–Trinajstić information content (AvgIpc) is 3.18. The number of nitrogens with zero attached hydrogens (tertiary/aromatic N) is 1. The highest BCUT2D eigenvalue weighted by molar-refractivity contribution is 7.16. The predicted molar refractivity (Wildman–Crippen MR) is 85.0 cm³/mol. The first-order chi connectivity index (χ1) is 10.9. The molecule has 0 unspecified atom stereocenters. The zero-order valence-corrected chi connectivity index (χ0v) is 14.5. The second-order valence-corrected chi connectivity index (χ2v) is 7.57. The van der Waals surface area contributed by atoms with E-state index in [1.54, 1.807) is 13.0 Å². The minimum atomic E-state index is -1.20. The third kappa shape index (κ3) is 2.14. The van der Waals surface area contributed by atoms with Crippen molar-refractivity contribution >= 4 is 40.7 Å². The molecule has 3 heterocycles. The second-order valence-electron chi connectivity index (χ2n) is 5.82. The first-order valence-electron chi connectivity index (χ1n) is 7.30. The molecule has 1 aromatic rings. The highest BCUT2D eigenvalue weighted by Crippen LogP contribution is 2.51. The van der Waals surface area contributed by atoms with E-state index in [-0.39, 0.29) is 11.8 Å². The van der Waals surface area contributed by atoms with Gasteiger partial charge >= 0.3 is 5.97 Å². The first-order valence-corrected chi connectivity index (χ1v) is 8.49. The van der Waals surface area contributed by atoms with Crippen molar-refractivity contribution in [3.63, 3.8) is 0 Å². The molecule has 23 heavy (non-hydrogen) atoms. The number of carbonyl (C=O) groups is 3. The van der Waals surface area contributed by atoms with Crippen molar-refractivity contribution in [1.29, 1.82) is 0 Å². The van der Waals surface area contributed by atoms with Gasteiger partial charge in [-0.15, -0.1) is 11.3 Å². The molecule has 8 heteroatoms. The summed E-state index contributed by atoms with van der Waals surface area (Å²) >= 11 is 7.34. The van der Waals surface area contributed by atoms with E-state index < -0.39 is 29.4 Å². The Bertz CT molecular complexity index is 691. The molecule has 0 radical (unpaired) electrons. The summed E-state index contributed by atoms with van der Waals surface area (Å²) in [6.45, 7) is 1.81. The summed E-state index contributed by atoms with van der Waals surface area (Å²) in [6, 6.07) is 3.13. The molecule has 4 atom stereocenters. The van der Waals surface area contributed by atoms with Crippen LogP contribution in [0.3, 0.4) is 0 Å². The number of fused-ring (bicyclic) bond motifs is 1. The number of amides is 2. The van der Waals surface area contributed by atoms with Crippen molar-refractivity contribution in [2.24, 2.45) is 11.8 Å². The van der Waals surface area contributed by atoms with Gasteiger partial charge in [0.25, 0.3) is 0 Å². The van der Waals surface area contributed by atoms with Crippen molar-refractivity contribution in [2.75, 3.05) is 14.2 Å². The Morgan fingerprint density at radius 3 is 2.65 bits per heavy atom. The second kappa shape index (κ2) is 5.58. The lowest BCUT2D eigenvalue weighted by atomic mass is 9.78. The molecule has 0 spiro atoms. The van der Waals surface area contributed by atoms with Crippen LogP contribution in [0.15, 0.2) is 12.1 Å². The number of carbonyl (C=O) groups excluding carboxylic acids is 3. The van der Waals surface area contributed by atoms with E-state index in [1.807, 2.05) is 6.07 Å². The monoisotopic (exact) mass is 356 g/mol. The normalized spacial score (nSPS) is 33.2. The van der Waals surface area contributed by atoms with E-state index in [2.05, 4.69) is 5.32 Å². The van der Waals surface area contributed by atoms with Gasteiger partial charge in [-0.1, -0.05) is 18.5 Å². The number of ether oxygens (including phenoxy) is 1. The van der Waals surface area contributed by atoms with Gasteiger partial charge in [0.15, 0.2) is 0 Å². The van der Waals surface area contributed by atoms with Crippen LogP contribution in [0.5, 0.6) is 0 Å². The maximum Gasteiger partial charge on any atom is 0.326 e. The van der Waals surface area contributed by atoms with Crippen LogP contribution in [0.25, 0.3) is 0 Å². The summed E-state index contributed by atoms with van der Waals surface area (Å²) in [5, 5.41) is 3.23. The number of nitrogens with one attached hydrogen (secondary N) is 1. The Balaban J connectivity index is 2.13. The van der Waals surface area contributed by atoms with Crippen LogP contribution in [0, 0.1) is 11.8 Å². The number of likely N-dealkylation sites (tertiary alicyclic amines) is 1. The third-order valence-corrected chi connectivity index (χ3v) is 6.20. The highest BCUT2D eigenvalue weighted by atomic mass is 35.5. The van der Waals surface area contributed by atoms with Crippen LogP contribution < -0.4 is 5.32 Å². The fraction of sp³-hybridized carbons (Fsp3) is 0.533. The van der Waals surface area contributed by atoms with E-state index in [1.165, 1.54) is 25.5 Å². The number of rotatable bonds is 3. The zero-order chi connectivity index (χ0) is 16.9. The molecule has 2 fully saturated rings. The summed E-state index contributed by atoms with van der Waals surface area (Å²) in [7, 11) is 2.75. The summed E-state index contributed by atoms with van der Waals surface area (Å²) in [4.78, 5) is 39.6. The molecule has 3 rings (SSSR count). The minimum absolute atomic E-state index is 0.277. The standard InChI is InChI=1S/C15H17ClN2O4S/c1-4-15(14(21)22-3)10-9(12(19)18(2)13(10)20)11(17-15)7-5-6-8(16)23-7/h5-6,9-11,17H,4H2,1-3H3/t9-,10-,11-,15-/m1/s1. The lowest BCUT2D eigenvalue weighted by molar-refractivity contribution is -0.154. The van der Waals surface area contributed by atoms with Crippen molar-refractivity contribution in [3.8, 4) is 0 Å². The number of esters is 1. The molecule has 0 aromatic carbocycles. The van der Waals surface area contributed by atoms with Crippen LogP contribution in [0.4, 0.5) is 0 Å². The first kappa shape index (κ1) is 16.4. The molecule has 0 saturated carbocycles. The van der Waals surface area contributed by atoms with Gasteiger partial charge in [-0.3, -0.25) is 24.6 Å². The van der Waals surface area contributed by atoms with Gasteiger partial charge in [-0.05, 0) is 18.6 Å². The van der Waals surface area contributed by atoms with Gasteiger partial charge in [0.05, 0.1) is 29.3 Å². The molecular weight excluding hydrogens is 340 g/mol. The predicted octanol–water partition coefficient (Wildman–Crippen LogP) is 1.60. The molecule has 2 saturated heterocycles. The molecule has 2 amide bonds. The molecule has 1 N–H and O–H groups in total. The number of methoxy groups -OCH3 is 1. The minimum Gasteiger partial charge on any atom is -0.468 e. The van der Waals surface area contributed by atoms with Crippen molar-refractivity contribution in [2.45, 2.75) is 24.9 Å². The van der Waals surface area contributed by atoms with Crippen molar-refractivity contribution < 1.29 is 19.1 Å². The van der Waals surface area contributed by atoms with Crippen LogP contribution in [-0.4, -0.2) is 42.4 Å². The van der Waals surface area contributed by atoms with Crippen molar-refractivity contribution in [3.05, 3.63) is 21.3 Å². The molecule has 0 aliphatic carbocycles. The van der Waals surface area contributed by atoms with Gasteiger partial charge in [-0.25, -0.2) is 0 Å². The van der Waals surface area contributed by atoms with E-state index in [0.29, 0.717) is 10.8 Å². The highest BCUT2D eigenvalue weighted by Gasteiger charge is 2.67. The van der Waals surface area contributed by atoms with Crippen molar-refractivity contribution in [1.82, 2.24) is 10.2 Å². The van der Waals surface area contributed by atoms with E-state index in [4.69, 9.17) is 16.3 Å². The Labute approximate surface area is 142 Å². The lowest BCUT2D eigenvalue weighted by Crippen LogP contribution is -2.55. The van der Waals surface area contributed by atoms with E-state index in [9.17, 15) is 14.4 Å². The molecule has 6 nitrogen and oxygen atoms in total. The molecule has 0 bridgehead atoms. The number of halogens is 1. The fourth-order valence-electron chi connectivity index (χ4n) is 3.72.